The van der Waals surface area contributed by atoms with Crippen LogP contribution in [0.1, 0.15) is 13.8 Å². The number of halogens is 3. The van der Waals surface area contributed by atoms with Crippen molar-refractivity contribution in [3.8, 4) is 0 Å². The molecular formula is C16H17F3N2O3S. The Labute approximate surface area is 143 Å². The van der Waals surface area contributed by atoms with Gasteiger partial charge in [0.1, 0.15) is 11.4 Å². The summed E-state index contributed by atoms with van der Waals surface area (Å²) in [5, 5.41) is 6.17. The molecular weight excluding hydrogens is 357 g/mol. The summed E-state index contributed by atoms with van der Waals surface area (Å²) in [6.45, 7) is 4.43. The Balaban J connectivity index is 0.000000242. The van der Waals surface area contributed by atoms with Crippen LogP contribution >= 0.6 is 0 Å². The van der Waals surface area contributed by atoms with E-state index in [0.717, 1.165) is 0 Å². The summed E-state index contributed by atoms with van der Waals surface area (Å²) < 4.78 is 61.2. The molecule has 1 N–H and O–H groups in total. The predicted octanol–water partition coefficient (Wildman–Crippen LogP) is 3.65. The van der Waals surface area contributed by atoms with Gasteiger partial charge in [-0.05, 0) is 17.5 Å². The number of amidine groups is 1. The number of hydrogen-bond donors (Lipinski definition) is 1. The minimum absolute atomic E-state index is 0.489. The van der Waals surface area contributed by atoms with Crippen LogP contribution < -0.4 is 5.32 Å². The number of anilines is 1. The first-order chi connectivity index (χ1) is 11.4. The molecule has 0 radical (unpaired) electrons. The van der Waals surface area contributed by atoms with E-state index in [-0.39, 0.29) is 0 Å². The largest absolute Gasteiger partial charge is 0.741 e. The van der Waals surface area contributed by atoms with E-state index < -0.39 is 15.6 Å². The van der Waals surface area contributed by atoms with Crippen LogP contribution in [0.4, 0.5) is 24.5 Å². The highest BCUT2D eigenvalue weighted by molar-refractivity contribution is 7.86. The summed E-state index contributed by atoms with van der Waals surface area (Å²) in [4.78, 5) is 0. The molecule has 0 bridgehead atoms. The molecule has 0 fully saturated rings. The normalized spacial score (nSPS) is 14.2. The Bertz CT molecular complexity index is 930. The summed E-state index contributed by atoms with van der Waals surface area (Å²) >= 11 is 0. The van der Waals surface area contributed by atoms with Crippen LogP contribution in [0.2, 0.25) is 0 Å². The van der Waals surface area contributed by atoms with Crippen LogP contribution in [0, 0.1) is 5.92 Å². The highest BCUT2D eigenvalue weighted by atomic mass is 32.2. The van der Waals surface area contributed by atoms with Gasteiger partial charge in [0, 0.05) is 0 Å². The molecule has 2 aromatic rings. The van der Waals surface area contributed by atoms with Gasteiger partial charge in [-0.1, -0.05) is 38.1 Å². The molecule has 0 saturated carbocycles. The summed E-state index contributed by atoms with van der Waals surface area (Å²) in [6.07, 6.45) is 0. The summed E-state index contributed by atoms with van der Waals surface area (Å²) in [5.74, 6) is 1.75. The molecule has 1 heterocycles. The van der Waals surface area contributed by atoms with E-state index in [0.29, 0.717) is 5.92 Å². The van der Waals surface area contributed by atoms with E-state index in [1.165, 1.54) is 28.0 Å². The lowest BCUT2D eigenvalue weighted by Crippen LogP contribution is -2.30. The Morgan fingerprint density at radius 2 is 1.64 bits per heavy atom. The molecule has 9 heteroatoms. The molecule has 0 saturated heterocycles. The molecule has 0 aliphatic carbocycles. The first-order valence-corrected chi connectivity index (χ1v) is 8.76. The molecule has 0 atom stereocenters. The van der Waals surface area contributed by atoms with Gasteiger partial charge in [0.15, 0.2) is 10.1 Å². The second-order valence-corrected chi connectivity index (χ2v) is 7.18. The molecule has 5 nitrogen and oxygen atoms in total. The van der Waals surface area contributed by atoms with Crippen molar-refractivity contribution in [1.29, 1.82) is 0 Å². The summed E-state index contributed by atoms with van der Waals surface area (Å²) in [7, 11) is -3.96. The van der Waals surface area contributed by atoms with Crippen molar-refractivity contribution in [2.75, 3.05) is 12.4 Å². The lowest BCUT2D eigenvalue weighted by Gasteiger charge is -2.19. The zero-order chi connectivity index (χ0) is 19.0. The quantitative estimate of drug-likeness (QED) is 0.470. The van der Waals surface area contributed by atoms with E-state index in [1.807, 2.05) is 0 Å². The van der Waals surface area contributed by atoms with Crippen LogP contribution in [-0.2, 0) is 10.1 Å². The Kier molecular flexibility index (Phi) is 5.10. The van der Waals surface area contributed by atoms with Crippen molar-refractivity contribution < 1.29 is 30.7 Å². The number of rotatable bonds is 1. The van der Waals surface area contributed by atoms with Crippen molar-refractivity contribution in [2.45, 2.75) is 19.4 Å². The number of hydrogen-bond acceptors (Lipinski definition) is 4. The predicted molar refractivity (Wildman–Crippen MR) is 89.0 cm³/mol. The van der Waals surface area contributed by atoms with Crippen LogP contribution in [0.25, 0.3) is 10.8 Å². The van der Waals surface area contributed by atoms with Crippen LogP contribution in [0.3, 0.4) is 0 Å². The van der Waals surface area contributed by atoms with Crippen molar-refractivity contribution in [3.63, 3.8) is 0 Å². The fourth-order valence-corrected chi connectivity index (χ4v) is 2.59. The highest BCUT2D eigenvalue weighted by Gasteiger charge is 2.36. The lowest BCUT2D eigenvalue weighted by molar-refractivity contribution is -0.406. The minimum Gasteiger partial charge on any atom is -0.741 e. The summed E-state index contributed by atoms with van der Waals surface area (Å²) in [5.41, 5.74) is -3.13. The zero-order valence-corrected chi connectivity index (χ0v) is 14.6. The van der Waals surface area contributed by atoms with Crippen LogP contribution in [0.5, 0.6) is 0 Å². The fraction of sp³-hybridized carbons (Fsp3) is 0.312. The second kappa shape index (κ2) is 6.64. The molecule has 2 aromatic carbocycles. The smallest absolute Gasteiger partial charge is 0.485 e. The average molecular weight is 374 g/mol. The fourth-order valence-electron chi connectivity index (χ4n) is 2.59. The maximum Gasteiger partial charge on any atom is 0.485 e. The van der Waals surface area contributed by atoms with Crippen molar-refractivity contribution in [2.24, 2.45) is 5.92 Å². The third-order valence-electron chi connectivity index (χ3n) is 3.70. The molecule has 1 aliphatic heterocycles. The topological polar surface area (TPSA) is 72.2 Å². The maximum atomic E-state index is 10.7. The van der Waals surface area contributed by atoms with Crippen molar-refractivity contribution in [3.05, 3.63) is 36.4 Å². The van der Waals surface area contributed by atoms with Crippen molar-refractivity contribution >= 4 is 38.1 Å². The van der Waals surface area contributed by atoms with Gasteiger partial charge in [-0.25, -0.2) is 18.3 Å². The number of benzene rings is 2. The van der Waals surface area contributed by atoms with E-state index in [2.05, 4.69) is 67.2 Å². The molecule has 1 aliphatic rings. The van der Waals surface area contributed by atoms with E-state index in [1.54, 1.807) is 0 Å². The highest BCUT2D eigenvalue weighted by Crippen LogP contribution is 2.35. The van der Waals surface area contributed by atoms with Crippen LogP contribution in [-0.4, -0.2) is 35.9 Å². The standard InChI is InChI=1S/C15H16N2.CHF3O3S/c1-10(2)15-16-12-8-4-6-11-7-5-9-13(14(11)12)17(15)3;2-1(3,4)8(5,6)7/h4-10H,1-3H3;(H,5,6,7). The number of nitrogens with zero attached hydrogens (tertiary/aromatic N) is 1. The first-order valence-electron chi connectivity index (χ1n) is 7.35. The Morgan fingerprint density at radius 1 is 1.12 bits per heavy atom. The molecule has 3 rings (SSSR count). The third kappa shape index (κ3) is 3.93. The average Bonchev–Trinajstić information content (AvgIpc) is 2.49. The molecule has 0 spiro atoms. The van der Waals surface area contributed by atoms with Gasteiger partial charge in [0.2, 0.25) is 0 Å². The SMILES string of the molecule is CC(C)C1=[N+](C)c2cccc3cccc(c23)N1.O=S(=O)([O-])C(F)(F)F. The molecule has 25 heavy (non-hydrogen) atoms. The van der Waals surface area contributed by atoms with Crippen LogP contribution in [0.15, 0.2) is 36.4 Å². The van der Waals surface area contributed by atoms with Gasteiger partial charge in [-0.2, -0.15) is 13.2 Å². The second-order valence-electron chi connectivity index (χ2n) is 5.80. The monoisotopic (exact) mass is 374 g/mol. The van der Waals surface area contributed by atoms with Gasteiger partial charge >= 0.3 is 5.51 Å². The number of nitrogens with one attached hydrogen (secondary N) is 1. The Morgan fingerprint density at radius 3 is 2.12 bits per heavy atom. The number of alkyl halides is 3. The third-order valence-corrected chi connectivity index (χ3v) is 4.27. The van der Waals surface area contributed by atoms with Crippen molar-refractivity contribution in [1.82, 2.24) is 0 Å². The van der Waals surface area contributed by atoms with E-state index in [9.17, 15) is 13.2 Å². The molecule has 0 amide bonds. The van der Waals surface area contributed by atoms with Gasteiger partial charge < -0.3 is 4.55 Å². The summed E-state index contributed by atoms with van der Waals surface area (Å²) in [6, 6.07) is 12.9. The lowest BCUT2D eigenvalue weighted by atomic mass is 10.0. The first kappa shape index (κ1) is 19.2. The molecule has 0 unspecified atom stereocenters. The van der Waals surface area contributed by atoms with Gasteiger partial charge in [-0.3, -0.25) is 0 Å². The van der Waals surface area contributed by atoms with E-state index >= 15 is 0 Å². The van der Waals surface area contributed by atoms with E-state index in [4.69, 9.17) is 13.0 Å². The van der Waals surface area contributed by atoms with Gasteiger partial charge in [0.05, 0.1) is 18.4 Å². The molecule has 0 aromatic heterocycles. The Hall–Kier alpha value is -2.13. The molecule has 136 valence electrons. The maximum absolute atomic E-state index is 10.7. The van der Waals surface area contributed by atoms with Gasteiger partial charge in [0.25, 0.3) is 5.84 Å². The minimum atomic E-state index is -6.09. The van der Waals surface area contributed by atoms with Gasteiger partial charge in [-0.15, -0.1) is 0 Å². The zero-order valence-electron chi connectivity index (χ0n) is 13.8.